The summed E-state index contributed by atoms with van der Waals surface area (Å²) in [4.78, 5) is 11.9. The first-order valence-electron chi connectivity index (χ1n) is 7.60. The molecule has 1 aliphatic rings. The first-order chi connectivity index (χ1) is 11.6. The van der Waals surface area contributed by atoms with E-state index in [-0.39, 0.29) is 12.5 Å². The first kappa shape index (κ1) is 16.3. The number of rotatable bonds is 4. The zero-order valence-electron chi connectivity index (χ0n) is 13.2. The first-order valence-corrected chi connectivity index (χ1v) is 7.98. The molecule has 2 aromatic carbocycles. The Morgan fingerprint density at radius 3 is 2.96 bits per heavy atom. The highest BCUT2D eigenvalue weighted by atomic mass is 35.5. The molecule has 1 heterocycles. The van der Waals surface area contributed by atoms with E-state index in [1.54, 1.807) is 24.3 Å². The van der Waals surface area contributed by atoms with Gasteiger partial charge in [0, 0.05) is 12.0 Å². The Morgan fingerprint density at radius 1 is 1.29 bits per heavy atom. The average molecular weight is 345 g/mol. The standard InChI is InChI=1S/C18H17ClN2O3/c1-12-5-4-6-13-15(9-10-23-18(12)13)20-21-17(22)11-24-16-8-3-2-7-14(16)19/h2-8H,9-11H2,1H3,(H,21,22). The van der Waals surface area contributed by atoms with E-state index in [9.17, 15) is 4.79 Å². The van der Waals surface area contributed by atoms with Crippen molar-refractivity contribution in [3.63, 3.8) is 0 Å². The second-order valence-electron chi connectivity index (χ2n) is 5.36. The maximum absolute atomic E-state index is 11.9. The van der Waals surface area contributed by atoms with Crippen LogP contribution in [0.4, 0.5) is 0 Å². The number of aryl methyl sites for hydroxylation is 1. The summed E-state index contributed by atoms with van der Waals surface area (Å²) in [6, 6.07) is 12.9. The van der Waals surface area contributed by atoms with E-state index in [1.807, 2.05) is 25.1 Å². The number of nitrogens with zero attached hydrogens (tertiary/aromatic N) is 1. The third kappa shape index (κ3) is 3.68. The highest BCUT2D eigenvalue weighted by molar-refractivity contribution is 6.32. The van der Waals surface area contributed by atoms with E-state index in [2.05, 4.69) is 10.5 Å². The molecule has 0 atom stereocenters. The van der Waals surface area contributed by atoms with Gasteiger partial charge in [0.05, 0.1) is 17.3 Å². The van der Waals surface area contributed by atoms with Crippen LogP contribution in [0, 0.1) is 6.92 Å². The highest BCUT2D eigenvalue weighted by Crippen LogP contribution is 2.28. The van der Waals surface area contributed by atoms with Gasteiger partial charge in [-0.15, -0.1) is 0 Å². The van der Waals surface area contributed by atoms with Crippen molar-refractivity contribution in [3.05, 3.63) is 58.6 Å². The molecule has 0 saturated heterocycles. The van der Waals surface area contributed by atoms with Gasteiger partial charge in [-0.05, 0) is 30.7 Å². The smallest absolute Gasteiger partial charge is 0.277 e. The van der Waals surface area contributed by atoms with Crippen LogP contribution in [0.25, 0.3) is 0 Å². The van der Waals surface area contributed by atoms with Crippen LogP contribution in [-0.4, -0.2) is 24.8 Å². The maximum Gasteiger partial charge on any atom is 0.277 e. The van der Waals surface area contributed by atoms with Crippen molar-refractivity contribution in [1.82, 2.24) is 5.43 Å². The number of fused-ring (bicyclic) bond motifs is 1. The molecule has 0 bridgehead atoms. The van der Waals surface area contributed by atoms with Crippen LogP contribution >= 0.6 is 11.6 Å². The van der Waals surface area contributed by atoms with Crippen LogP contribution in [0.5, 0.6) is 11.5 Å². The molecule has 0 unspecified atom stereocenters. The molecule has 0 aromatic heterocycles. The van der Waals surface area contributed by atoms with Gasteiger partial charge in [-0.3, -0.25) is 4.79 Å². The van der Waals surface area contributed by atoms with Crippen molar-refractivity contribution in [2.45, 2.75) is 13.3 Å². The van der Waals surface area contributed by atoms with E-state index < -0.39 is 0 Å². The summed E-state index contributed by atoms with van der Waals surface area (Å²) in [5, 5.41) is 4.69. The lowest BCUT2D eigenvalue weighted by molar-refractivity contribution is -0.123. The number of hydrazone groups is 1. The minimum atomic E-state index is -0.344. The summed E-state index contributed by atoms with van der Waals surface area (Å²) < 4.78 is 11.1. The SMILES string of the molecule is Cc1cccc2c1OCCC2=NNC(=O)COc1ccccc1Cl. The molecule has 0 aliphatic carbocycles. The molecular weight excluding hydrogens is 328 g/mol. The van der Waals surface area contributed by atoms with E-state index >= 15 is 0 Å². The van der Waals surface area contributed by atoms with E-state index in [0.29, 0.717) is 23.8 Å². The van der Waals surface area contributed by atoms with Crippen molar-refractivity contribution >= 4 is 23.2 Å². The predicted octanol–water partition coefficient (Wildman–Crippen LogP) is 3.33. The number of carbonyl (C=O) groups is 1. The predicted molar refractivity (Wildman–Crippen MR) is 92.9 cm³/mol. The molecule has 1 amide bonds. The van der Waals surface area contributed by atoms with Gasteiger partial charge in [-0.25, -0.2) is 5.43 Å². The molecule has 0 radical (unpaired) electrons. The number of benzene rings is 2. The van der Waals surface area contributed by atoms with E-state index in [4.69, 9.17) is 21.1 Å². The zero-order chi connectivity index (χ0) is 16.9. The Balaban J connectivity index is 1.63. The van der Waals surface area contributed by atoms with Crippen LogP contribution in [0.3, 0.4) is 0 Å². The fraction of sp³-hybridized carbons (Fsp3) is 0.222. The summed E-state index contributed by atoms with van der Waals surface area (Å²) in [5.74, 6) is 0.946. The third-order valence-corrected chi connectivity index (χ3v) is 3.93. The number of hydrogen-bond acceptors (Lipinski definition) is 4. The van der Waals surface area contributed by atoms with Crippen LogP contribution in [0.1, 0.15) is 17.5 Å². The lowest BCUT2D eigenvalue weighted by atomic mass is 10.0. The molecule has 0 saturated carbocycles. The number of nitrogens with one attached hydrogen (secondary N) is 1. The van der Waals surface area contributed by atoms with Gasteiger partial charge >= 0.3 is 0 Å². The van der Waals surface area contributed by atoms with Gasteiger partial charge < -0.3 is 9.47 Å². The summed E-state index contributed by atoms with van der Waals surface area (Å²) in [7, 11) is 0. The number of amides is 1. The van der Waals surface area contributed by atoms with Crippen molar-refractivity contribution < 1.29 is 14.3 Å². The lowest BCUT2D eigenvalue weighted by Gasteiger charge is -2.20. The van der Waals surface area contributed by atoms with Crippen molar-refractivity contribution in [1.29, 1.82) is 0 Å². The number of para-hydroxylation sites is 2. The topological polar surface area (TPSA) is 59.9 Å². The Bertz CT molecular complexity index is 790. The van der Waals surface area contributed by atoms with Crippen LogP contribution in [0.2, 0.25) is 5.02 Å². The molecule has 6 heteroatoms. The zero-order valence-corrected chi connectivity index (χ0v) is 14.0. The van der Waals surface area contributed by atoms with Crippen molar-refractivity contribution in [3.8, 4) is 11.5 Å². The van der Waals surface area contributed by atoms with Gasteiger partial charge in [0.2, 0.25) is 0 Å². The molecule has 1 N–H and O–H groups in total. The molecule has 0 fully saturated rings. The van der Waals surface area contributed by atoms with Crippen LogP contribution in [-0.2, 0) is 4.79 Å². The number of halogens is 1. The molecule has 2 aromatic rings. The Morgan fingerprint density at radius 2 is 2.12 bits per heavy atom. The number of ether oxygens (including phenoxy) is 2. The second kappa shape index (κ2) is 7.36. The van der Waals surface area contributed by atoms with Crippen molar-refractivity contribution in [2.75, 3.05) is 13.2 Å². The summed E-state index contributed by atoms with van der Waals surface area (Å²) in [6.07, 6.45) is 0.641. The Labute approximate surface area is 145 Å². The monoisotopic (exact) mass is 344 g/mol. The highest BCUT2D eigenvalue weighted by Gasteiger charge is 2.18. The quantitative estimate of drug-likeness (QED) is 0.865. The van der Waals surface area contributed by atoms with E-state index in [1.165, 1.54) is 0 Å². The van der Waals surface area contributed by atoms with E-state index in [0.717, 1.165) is 22.6 Å². The molecule has 3 rings (SSSR count). The Kier molecular flexibility index (Phi) is 5.01. The van der Waals surface area contributed by atoms with Crippen LogP contribution < -0.4 is 14.9 Å². The third-order valence-electron chi connectivity index (χ3n) is 3.62. The molecular formula is C18H17ClN2O3. The van der Waals surface area contributed by atoms with Crippen LogP contribution in [0.15, 0.2) is 47.6 Å². The largest absolute Gasteiger partial charge is 0.492 e. The van der Waals surface area contributed by atoms with Gasteiger partial charge in [-0.1, -0.05) is 35.9 Å². The van der Waals surface area contributed by atoms with Gasteiger partial charge in [0.15, 0.2) is 6.61 Å². The molecule has 0 spiro atoms. The maximum atomic E-state index is 11.9. The molecule has 24 heavy (non-hydrogen) atoms. The summed E-state index contributed by atoms with van der Waals surface area (Å²) >= 11 is 5.98. The summed E-state index contributed by atoms with van der Waals surface area (Å²) in [5.41, 5.74) is 5.29. The minimum Gasteiger partial charge on any atom is -0.492 e. The van der Waals surface area contributed by atoms with Crippen molar-refractivity contribution in [2.24, 2.45) is 5.10 Å². The fourth-order valence-corrected chi connectivity index (χ4v) is 2.63. The molecule has 5 nitrogen and oxygen atoms in total. The van der Waals surface area contributed by atoms with Gasteiger partial charge in [-0.2, -0.15) is 5.10 Å². The molecule has 124 valence electrons. The Hall–Kier alpha value is -2.53. The van der Waals surface area contributed by atoms with Gasteiger partial charge in [0.25, 0.3) is 5.91 Å². The lowest BCUT2D eigenvalue weighted by Crippen LogP contribution is -2.27. The number of hydrogen-bond donors (Lipinski definition) is 1. The normalized spacial score (nSPS) is 14.7. The number of carbonyl (C=O) groups excluding carboxylic acids is 1. The summed E-state index contributed by atoms with van der Waals surface area (Å²) in [6.45, 7) is 2.37. The minimum absolute atomic E-state index is 0.155. The fourth-order valence-electron chi connectivity index (χ4n) is 2.44. The average Bonchev–Trinajstić information content (AvgIpc) is 2.60. The molecule has 1 aliphatic heterocycles. The second-order valence-corrected chi connectivity index (χ2v) is 5.77. The van der Waals surface area contributed by atoms with Gasteiger partial charge in [0.1, 0.15) is 11.5 Å².